The number of benzene rings is 1. The first-order valence-electron chi connectivity index (χ1n) is 6.02. The summed E-state index contributed by atoms with van der Waals surface area (Å²) in [6, 6.07) is 5.90. The Bertz CT molecular complexity index is 493. The van der Waals surface area contributed by atoms with E-state index < -0.39 is 0 Å². The van der Waals surface area contributed by atoms with Crippen LogP contribution in [0.1, 0.15) is 16.7 Å². The Morgan fingerprint density at radius 1 is 1.44 bits per heavy atom. The lowest BCUT2D eigenvalue weighted by atomic mass is 9.96. The predicted molar refractivity (Wildman–Crippen MR) is 74.9 cm³/mol. The molecule has 1 aliphatic rings. The molecule has 0 bridgehead atoms. The van der Waals surface area contributed by atoms with E-state index in [9.17, 15) is 4.79 Å². The van der Waals surface area contributed by atoms with Crippen molar-refractivity contribution in [2.24, 2.45) is 0 Å². The largest absolute Gasteiger partial charge is 0.332 e. The molecule has 1 fully saturated rings. The van der Waals surface area contributed by atoms with Crippen molar-refractivity contribution >= 4 is 18.1 Å². The van der Waals surface area contributed by atoms with E-state index >= 15 is 0 Å². The summed E-state index contributed by atoms with van der Waals surface area (Å²) in [5, 5.41) is 3.21. The summed E-state index contributed by atoms with van der Waals surface area (Å²) < 4.78 is 0. The summed E-state index contributed by atoms with van der Waals surface area (Å²) in [4.78, 5) is 13.6. The molecule has 1 N–H and O–H groups in total. The molecule has 0 radical (unpaired) electrons. The van der Waals surface area contributed by atoms with Gasteiger partial charge in [-0.15, -0.1) is 0 Å². The monoisotopic (exact) mass is 242 g/mol. The minimum Gasteiger partial charge on any atom is -0.332 e. The highest BCUT2D eigenvalue weighted by atomic mass is 16.2. The number of carbonyl (C=O) groups excluding carboxylic acids is 1. The molecule has 3 nitrogen and oxygen atoms in total. The average molecular weight is 242 g/mol. The zero-order valence-electron chi connectivity index (χ0n) is 10.6. The number of nitrogens with zero attached hydrogens (tertiary/aromatic N) is 1. The van der Waals surface area contributed by atoms with Gasteiger partial charge in [-0.1, -0.05) is 43.5 Å². The summed E-state index contributed by atoms with van der Waals surface area (Å²) >= 11 is 0. The smallest absolute Gasteiger partial charge is 0.240 e. The predicted octanol–water partition coefficient (Wildman–Crippen LogP) is 1.90. The third kappa shape index (κ3) is 2.22. The van der Waals surface area contributed by atoms with Crippen LogP contribution in [0.3, 0.4) is 0 Å². The van der Waals surface area contributed by atoms with Crippen LogP contribution in [-0.4, -0.2) is 30.6 Å². The fourth-order valence-corrected chi connectivity index (χ4v) is 2.30. The molecule has 0 unspecified atom stereocenters. The van der Waals surface area contributed by atoms with Crippen LogP contribution in [0.4, 0.5) is 0 Å². The van der Waals surface area contributed by atoms with Gasteiger partial charge in [0.15, 0.2) is 0 Å². The Kier molecular flexibility index (Phi) is 3.63. The molecule has 1 heterocycles. The van der Waals surface area contributed by atoms with Gasteiger partial charge in [0, 0.05) is 7.05 Å². The molecule has 0 aliphatic carbocycles. The van der Waals surface area contributed by atoms with Gasteiger partial charge in [0.05, 0.1) is 12.7 Å². The maximum atomic E-state index is 11.9. The van der Waals surface area contributed by atoms with Crippen molar-refractivity contribution in [3.8, 4) is 0 Å². The zero-order chi connectivity index (χ0) is 13.1. The molecular formula is C15H18N2O. The molecule has 1 amide bonds. The van der Waals surface area contributed by atoms with Crippen LogP contribution in [0, 0.1) is 0 Å². The fraction of sp³-hybridized carbons (Fsp3) is 0.267. The molecule has 1 atom stereocenters. The molecule has 94 valence electrons. The lowest BCUT2D eigenvalue weighted by molar-refractivity contribution is -0.127. The minimum atomic E-state index is -0.131. The Morgan fingerprint density at radius 3 is 2.78 bits per heavy atom. The lowest BCUT2D eigenvalue weighted by Gasteiger charge is -2.13. The van der Waals surface area contributed by atoms with E-state index in [4.69, 9.17) is 0 Å². The van der Waals surface area contributed by atoms with Gasteiger partial charge in [0.1, 0.15) is 0 Å². The number of hydrogen-bond donors (Lipinski definition) is 1. The first-order chi connectivity index (χ1) is 8.67. The van der Waals surface area contributed by atoms with Crippen molar-refractivity contribution in [3.05, 3.63) is 48.0 Å². The van der Waals surface area contributed by atoms with Gasteiger partial charge in [-0.2, -0.15) is 0 Å². The Balaban J connectivity index is 2.27. The summed E-state index contributed by atoms with van der Waals surface area (Å²) in [5.74, 6) is 0.147. The molecular weight excluding hydrogens is 224 g/mol. The third-order valence-electron chi connectivity index (χ3n) is 3.33. The summed E-state index contributed by atoms with van der Waals surface area (Å²) in [6.07, 6.45) is 4.33. The van der Waals surface area contributed by atoms with E-state index in [-0.39, 0.29) is 11.9 Å². The van der Waals surface area contributed by atoms with Crippen LogP contribution in [0.15, 0.2) is 31.4 Å². The molecule has 3 heteroatoms. The Hall–Kier alpha value is -1.87. The van der Waals surface area contributed by atoms with Crippen LogP contribution >= 0.6 is 0 Å². The number of amides is 1. The molecule has 1 aliphatic heterocycles. The van der Waals surface area contributed by atoms with Gasteiger partial charge in [-0.25, -0.2) is 0 Å². The number of hydrogen-bond acceptors (Lipinski definition) is 2. The van der Waals surface area contributed by atoms with Gasteiger partial charge >= 0.3 is 0 Å². The molecule has 18 heavy (non-hydrogen) atoms. The van der Waals surface area contributed by atoms with Crippen molar-refractivity contribution in [1.29, 1.82) is 0 Å². The first kappa shape index (κ1) is 12.6. The van der Waals surface area contributed by atoms with Crippen LogP contribution in [0.5, 0.6) is 0 Å². The van der Waals surface area contributed by atoms with Gasteiger partial charge in [0.2, 0.25) is 5.91 Å². The zero-order valence-corrected chi connectivity index (χ0v) is 10.6. The van der Waals surface area contributed by atoms with Crippen molar-refractivity contribution in [1.82, 2.24) is 10.2 Å². The van der Waals surface area contributed by atoms with E-state index in [0.717, 1.165) is 16.7 Å². The second-order valence-corrected chi connectivity index (χ2v) is 4.48. The molecule has 1 aromatic carbocycles. The van der Waals surface area contributed by atoms with Crippen LogP contribution < -0.4 is 5.32 Å². The van der Waals surface area contributed by atoms with E-state index in [1.165, 1.54) is 0 Å². The van der Waals surface area contributed by atoms with Crippen molar-refractivity contribution < 1.29 is 4.79 Å². The van der Waals surface area contributed by atoms with Gasteiger partial charge in [-0.3, -0.25) is 10.1 Å². The number of rotatable bonds is 4. The topological polar surface area (TPSA) is 32.3 Å². The van der Waals surface area contributed by atoms with Crippen molar-refractivity contribution in [2.45, 2.75) is 12.5 Å². The lowest BCUT2D eigenvalue weighted by Crippen LogP contribution is -2.31. The molecule has 0 saturated carbocycles. The minimum absolute atomic E-state index is 0.131. The maximum Gasteiger partial charge on any atom is 0.240 e. The molecule has 1 saturated heterocycles. The van der Waals surface area contributed by atoms with Gasteiger partial charge in [-0.05, 0) is 23.1 Å². The highest BCUT2D eigenvalue weighted by molar-refractivity contribution is 5.84. The second kappa shape index (κ2) is 5.19. The van der Waals surface area contributed by atoms with E-state index in [1.54, 1.807) is 4.90 Å². The molecule has 2 rings (SSSR count). The van der Waals surface area contributed by atoms with Crippen LogP contribution in [0.25, 0.3) is 12.2 Å². The quantitative estimate of drug-likeness (QED) is 0.874. The van der Waals surface area contributed by atoms with Crippen molar-refractivity contribution in [3.63, 3.8) is 0 Å². The highest BCUT2D eigenvalue weighted by Gasteiger charge is 2.28. The molecule has 1 aromatic rings. The number of likely N-dealkylation sites (N-methyl/N-ethyl adjacent to an activating group) is 1. The summed E-state index contributed by atoms with van der Waals surface area (Å²) in [5.41, 5.74) is 3.25. The Morgan fingerprint density at radius 2 is 2.22 bits per heavy atom. The maximum absolute atomic E-state index is 11.9. The summed E-state index contributed by atoms with van der Waals surface area (Å²) in [6.45, 7) is 8.27. The van der Waals surface area contributed by atoms with Crippen LogP contribution in [0.2, 0.25) is 0 Å². The van der Waals surface area contributed by atoms with Gasteiger partial charge in [0.25, 0.3) is 0 Å². The van der Waals surface area contributed by atoms with Crippen molar-refractivity contribution in [2.75, 3.05) is 13.7 Å². The standard InChI is InChI=1S/C15H18N2O/c1-4-11-7-6-8-12(13(11)5-2)9-14-15(18)17(3)10-16-14/h4-8,14,16H,1-2,9-10H2,3H3/t14-/m0/s1. The SMILES string of the molecule is C=Cc1cccc(C[C@@H]2NCN(C)C2=O)c1C=C. The van der Waals surface area contributed by atoms with E-state index in [1.807, 2.05) is 37.4 Å². The normalized spacial score (nSPS) is 19.1. The fourth-order valence-electron chi connectivity index (χ4n) is 2.30. The third-order valence-corrected chi connectivity index (χ3v) is 3.33. The van der Waals surface area contributed by atoms with E-state index in [2.05, 4.69) is 18.5 Å². The molecule has 0 aromatic heterocycles. The Labute approximate surface area is 108 Å². The highest BCUT2D eigenvalue weighted by Crippen LogP contribution is 2.20. The number of carbonyl (C=O) groups is 1. The van der Waals surface area contributed by atoms with Crippen LogP contribution in [-0.2, 0) is 11.2 Å². The van der Waals surface area contributed by atoms with E-state index in [0.29, 0.717) is 13.1 Å². The average Bonchev–Trinajstić information content (AvgIpc) is 2.70. The van der Waals surface area contributed by atoms with Gasteiger partial charge < -0.3 is 4.90 Å². The number of nitrogens with one attached hydrogen (secondary N) is 1. The second-order valence-electron chi connectivity index (χ2n) is 4.48. The summed E-state index contributed by atoms with van der Waals surface area (Å²) in [7, 11) is 1.81. The molecule has 0 spiro atoms. The first-order valence-corrected chi connectivity index (χ1v) is 6.02.